The summed E-state index contributed by atoms with van der Waals surface area (Å²) < 4.78 is 5.31. The molecule has 0 unspecified atom stereocenters. The van der Waals surface area contributed by atoms with Crippen molar-refractivity contribution in [2.24, 2.45) is 0 Å². The molecule has 0 radical (unpaired) electrons. The zero-order valence-electron chi connectivity index (χ0n) is 12.9. The molecule has 0 atom stereocenters. The van der Waals surface area contributed by atoms with E-state index in [9.17, 15) is 14.4 Å². The number of Topliss-reactive ketones (excluding diaryl/α,β-unsaturated/α-hetero) is 2. The van der Waals surface area contributed by atoms with Crippen LogP contribution in [-0.4, -0.2) is 48.7 Å². The van der Waals surface area contributed by atoms with E-state index in [2.05, 4.69) is 5.32 Å². The highest BCUT2D eigenvalue weighted by Crippen LogP contribution is 2.27. The van der Waals surface area contributed by atoms with Gasteiger partial charge in [-0.3, -0.25) is 14.4 Å². The molecule has 3 rings (SSSR count). The molecule has 0 spiro atoms. The minimum Gasteiger partial charge on any atom is -0.378 e. The van der Waals surface area contributed by atoms with Crippen LogP contribution in [0.3, 0.4) is 0 Å². The molecule has 1 aliphatic heterocycles. The predicted molar refractivity (Wildman–Crippen MR) is 83.0 cm³/mol. The van der Waals surface area contributed by atoms with Gasteiger partial charge < -0.3 is 15.0 Å². The van der Waals surface area contributed by atoms with Gasteiger partial charge in [-0.05, 0) is 0 Å². The first kappa shape index (κ1) is 15.4. The van der Waals surface area contributed by atoms with Crippen molar-refractivity contribution < 1.29 is 19.1 Å². The average molecular weight is 314 g/mol. The Morgan fingerprint density at radius 1 is 1.13 bits per heavy atom. The van der Waals surface area contributed by atoms with Crippen molar-refractivity contribution in [1.82, 2.24) is 10.2 Å². The number of ether oxygens (including phenoxy) is 1. The molecule has 2 aliphatic rings. The molecule has 0 aromatic heterocycles. The number of morpholine rings is 1. The maximum absolute atomic E-state index is 12.9. The first-order valence-electron chi connectivity index (χ1n) is 7.68. The van der Waals surface area contributed by atoms with Crippen LogP contribution in [0.5, 0.6) is 0 Å². The van der Waals surface area contributed by atoms with Crippen molar-refractivity contribution in [3.05, 3.63) is 46.8 Å². The highest BCUT2D eigenvalue weighted by Gasteiger charge is 2.36. The summed E-state index contributed by atoms with van der Waals surface area (Å²) >= 11 is 0. The van der Waals surface area contributed by atoms with Crippen molar-refractivity contribution in [1.29, 1.82) is 0 Å². The number of amides is 1. The summed E-state index contributed by atoms with van der Waals surface area (Å²) in [4.78, 5) is 39.3. The predicted octanol–water partition coefficient (Wildman–Crippen LogP) is 1.14. The Morgan fingerprint density at radius 2 is 1.74 bits per heavy atom. The van der Waals surface area contributed by atoms with Gasteiger partial charge in [-0.1, -0.05) is 31.2 Å². The molecule has 1 aliphatic carbocycles. The lowest BCUT2D eigenvalue weighted by Gasteiger charge is -2.33. The highest BCUT2D eigenvalue weighted by atomic mass is 16.5. The second-order valence-electron chi connectivity index (χ2n) is 5.43. The molecule has 1 fully saturated rings. The van der Waals surface area contributed by atoms with Crippen LogP contribution in [0.1, 0.15) is 34.1 Å². The summed E-state index contributed by atoms with van der Waals surface area (Å²) in [5.41, 5.74) is 1.08. The Hall–Kier alpha value is -2.47. The molecule has 1 saturated heterocycles. The Balaban J connectivity index is 2.10. The lowest BCUT2D eigenvalue weighted by Crippen LogP contribution is -2.44. The summed E-state index contributed by atoms with van der Waals surface area (Å²) in [7, 11) is 0. The Kier molecular flexibility index (Phi) is 4.25. The van der Waals surface area contributed by atoms with E-state index in [1.807, 2.05) is 4.90 Å². The fraction of sp³-hybridized carbons (Fsp3) is 0.353. The highest BCUT2D eigenvalue weighted by molar-refractivity contribution is 6.27. The smallest absolute Gasteiger partial charge is 0.224 e. The molecule has 6 nitrogen and oxygen atoms in total. The standard InChI is InChI=1S/C17H18N2O4/c1-2-13(20)18-14-15(19-7-9-23-10-8-19)17(22)12-6-4-3-5-11(12)16(14)21/h3-6H,2,7-10H2,1H3,(H,18,20). The molecule has 1 heterocycles. The summed E-state index contributed by atoms with van der Waals surface area (Å²) in [5.74, 6) is -0.830. The maximum Gasteiger partial charge on any atom is 0.224 e. The number of benzene rings is 1. The van der Waals surface area contributed by atoms with E-state index in [1.54, 1.807) is 31.2 Å². The number of allylic oxidation sites excluding steroid dienone is 2. The molecule has 6 heteroatoms. The van der Waals surface area contributed by atoms with Gasteiger partial charge in [-0.2, -0.15) is 0 Å². The molecule has 120 valence electrons. The molecule has 23 heavy (non-hydrogen) atoms. The summed E-state index contributed by atoms with van der Waals surface area (Å²) in [5, 5.41) is 2.62. The fourth-order valence-electron chi connectivity index (χ4n) is 2.79. The first-order valence-corrected chi connectivity index (χ1v) is 7.68. The maximum atomic E-state index is 12.9. The van der Waals surface area contributed by atoms with Crippen molar-refractivity contribution >= 4 is 17.5 Å². The zero-order valence-corrected chi connectivity index (χ0v) is 12.9. The average Bonchev–Trinajstić information content (AvgIpc) is 2.60. The van der Waals surface area contributed by atoms with Gasteiger partial charge in [-0.15, -0.1) is 0 Å². The third-order valence-corrected chi connectivity index (χ3v) is 4.01. The van der Waals surface area contributed by atoms with Gasteiger partial charge in [0.1, 0.15) is 11.4 Å². The van der Waals surface area contributed by atoms with E-state index in [0.717, 1.165) is 0 Å². The van der Waals surface area contributed by atoms with Crippen LogP contribution >= 0.6 is 0 Å². The second-order valence-corrected chi connectivity index (χ2v) is 5.43. The summed E-state index contributed by atoms with van der Waals surface area (Å²) in [6.45, 7) is 3.71. The fourth-order valence-corrected chi connectivity index (χ4v) is 2.79. The van der Waals surface area contributed by atoms with E-state index >= 15 is 0 Å². The van der Waals surface area contributed by atoms with Crippen LogP contribution in [0.2, 0.25) is 0 Å². The number of hydrogen-bond acceptors (Lipinski definition) is 5. The van der Waals surface area contributed by atoms with Crippen molar-refractivity contribution in [2.45, 2.75) is 13.3 Å². The number of carbonyl (C=O) groups is 3. The van der Waals surface area contributed by atoms with Crippen molar-refractivity contribution in [3.8, 4) is 0 Å². The van der Waals surface area contributed by atoms with Gasteiger partial charge >= 0.3 is 0 Å². The number of carbonyl (C=O) groups excluding carboxylic acids is 3. The van der Waals surface area contributed by atoms with Gasteiger partial charge in [0.15, 0.2) is 0 Å². The van der Waals surface area contributed by atoms with Crippen molar-refractivity contribution in [3.63, 3.8) is 0 Å². The van der Waals surface area contributed by atoms with Crippen LogP contribution in [0.15, 0.2) is 35.7 Å². The Labute approximate surface area is 134 Å². The van der Waals surface area contributed by atoms with Gasteiger partial charge in [0.2, 0.25) is 17.5 Å². The van der Waals surface area contributed by atoms with Crippen LogP contribution in [0.4, 0.5) is 0 Å². The van der Waals surface area contributed by atoms with Crippen LogP contribution < -0.4 is 5.32 Å². The van der Waals surface area contributed by atoms with Crippen LogP contribution in [0.25, 0.3) is 0 Å². The van der Waals surface area contributed by atoms with Crippen LogP contribution in [0, 0.1) is 0 Å². The van der Waals surface area contributed by atoms with Crippen molar-refractivity contribution in [2.75, 3.05) is 26.3 Å². The Morgan fingerprint density at radius 3 is 2.35 bits per heavy atom. The molecule has 0 saturated carbocycles. The quantitative estimate of drug-likeness (QED) is 0.905. The number of rotatable bonds is 3. The minimum atomic E-state index is -0.316. The number of ketones is 2. The van der Waals surface area contributed by atoms with Gasteiger partial charge in [-0.25, -0.2) is 0 Å². The SMILES string of the molecule is CCC(=O)NC1=C(N2CCOCC2)C(=O)c2ccccc2C1=O. The lowest BCUT2D eigenvalue weighted by atomic mass is 9.89. The normalized spacial score (nSPS) is 18.0. The molecular formula is C17H18N2O4. The molecule has 1 aromatic carbocycles. The van der Waals surface area contributed by atoms with E-state index < -0.39 is 0 Å². The summed E-state index contributed by atoms with van der Waals surface area (Å²) in [6.07, 6.45) is 0.239. The van der Waals surface area contributed by atoms with Crippen LogP contribution in [-0.2, 0) is 9.53 Å². The molecule has 1 amide bonds. The summed E-state index contributed by atoms with van der Waals surface area (Å²) in [6, 6.07) is 6.71. The van der Waals surface area contributed by atoms with E-state index in [0.29, 0.717) is 37.4 Å². The topological polar surface area (TPSA) is 75.7 Å². The second kappa shape index (κ2) is 6.34. The van der Waals surface area contributed by atoms with E-state index in [-0.39, 0.29) is 35.3 Å². The minimum absolute atomic E-state index is 0.0856. The number of nitrogens with zero attached hydrogens (tertiary/aromatic N) is 1. The molecule has 0 bridgehead atoms. The van der Waals surface area contributed by atoms with Gasteiger partial charge in [0.05, 0.1) is 13.2 Å². The monoisotopic (exact) mass is 314 g/mol. The third-order valence-electron chi connectivity index (χ3n) is 4.01. The van der Waals surface area contributed by atoms with Gasteiger partial charge in [0.25, 0.3) is 0 Å². The first-order chi connectivity index (χ1) is 11.1. The number of nitrogens with one attached hydrogen (secondary N) is 1. The molecular weight excluding hydrogens is 296 g/mol. The number of fused-ring (bicyclic) bond motifs is 1. The third kappa shape index (κ3) is 2.77. The lowest BCUT2D eigenvalue weighted by molar-refractivity contribution is -0.120. The van der Waals surface area contributed by atoms with E-state index in [1.165, 1.54) is 0 Å². The Bertz CT molecular complexity index is 702. The van der Waals surface area contributed by atoms with Gasteiger partial charge in [0, 0.05) is 30.6 Å². The van der Waals surface area contributed by atoms with E-state index in [4.69, 9.17) is 4.74 Å². The molecule has 1 N–H and O–H groups in total. The largest absolute Gasteiger partial charge is 0.378 e. The molecule has 1 aromatic rings. The number of hydrogen-bond donors (Lipinski definition) is 1. The zero-order chi connectivity index (χ0) is 16.4.